The molecule has 0 spiro atoms. The fraction of sp³-hybridized carbons (Fsp3) is 0.364. The van der Waals surface area contributed by atoms with Crippen LogP contribution in [0.4, 0.5) is 17.2 Å². The molecule has 0 saturated carbocycles. The van der Waals surface area contributed by atoms with Gasteiger partial charge in [-0.25, -0.2) is 9.97 Å². The molecule has 0 unspecified atom stereocenters. The number of nitrogen functional groups attached to an aromatic ring is 1. The third-order valence-corrected chi connectivity index (χ3v) is 7.40. The predicted octanol–water partition coefficient (Wildman–Crippen LogP) is 4.48. The molecule has 2 heterocycles. The number of carbonyl (C=O) groups excluding carboxylic acids is 2. The molecule has 2 aromatic heterocycles. The molecule has 31 heavy (non-hydrogen) atoms. The minimum atomic E-state index is -0.401. The van der Waals surface area contributed by atoms with Crippen molar-refractivity contribution in [2.75, 3.05) is 16.4 Å². The second-order valence-electron chi connectivity index (χ2n) is 7.93. The molecule has 9 heteroatoms. The summed E-state index contributed by atoms with van der Waals surface area (Å²) in [4.78, 5) is 35.2. The maximum atomic E-state index is 12.6. The Balaban J connectivity index is 1.45. The maximum Gasteiger partial charge on any atom is 0.237 e. The molecule has 2 amide bonds. The highest BCUT2D eigenvalue weighted by Crippen LogP contribution is 2.40. The lowest BCUT2D eigenvalue weighted by atomic mass is 9.89. The number of nitrogens with one attached hydrogen (secondary N) is 2. The summed E-state index contributed by atoms with van der Waals surface area (Å²) in [5, 5.41) is 6.69. The van der Waals surface area contributed by atoms with Gasteiger partial charge in [-0.1, -0.05) is 18.7 Å². The number of aromatic nitrogens is 2. The Morgan fingerprint density at radius 2 is 1.87 bits per heavy atom. The van der Waals surface area contributed by atoms with E-state index in [1.807, 2.05) is 6.92 Å². The fourth-order valence-corrected chi connectivity index (χ4v) is 5.92. The molecular formula is C22H25N5O2S2. The monoisotopic (exact) mass is 455 g/mol. The van der Waals surface area contributed by atoms with Gasteiger partial charge in [-0.2, -0.15) is 0 Å². The van der Waals surface area contributed by atoms with E-state index in [0.717, 1.165) is 29.5 Å². The topological polar surface area (TPSA) is 110 Å². The van der Waals surface area contributed by atoms with Gasteiger partial charge in [0, 0.05) is 23.2 Å². The summed E-state index contributed by atoms with van der Waals surface area (Å²) in [5.41, 5.74) is 8.94. The lowest BCUT2D eigenvalue weighted by Gasteiger charge is -2.17. The minimum absolute atomic E-state index is 0.140. The van der Waals surface area contributed by atoms with Crippen LogP contribution in [-0.4, -0.2) is 27.0 Å². The van der Waals surface area contributed by atoms with E-state index >= 15 is 0 Å². The van der Waals surface area contributed by atoms with Gasteiger partial charge in [0.2, 0.25) is 11.8 Å². The van der Waals surface area contributed by atoms with E-state index in [0.29, 0.717) is 28.3 Å². The lowest BCUT2D eigenvalue weighted by Crippen LogP contribution is -2.22. The second-order valence-corrected chi connectivity index (χ2v) is 10.3. The van der Waals surface area contributed by atoms with Crippen molar-refractivity contribution in [1.82, 2.24) is 9.97 Å². The molecule has 3 aromatic rings. The van der Waals surface area contributed by atoms with Crippen LogP contribution in [-0.2, 0) is 22.4 Å². The number of anilines is 3. The Morgan fingerprint density at radius 1 is 1.19 bits per heavy atom. The summed E-state index contributed by atoms with van der Waals surface area (Å²) in [7, 11) is 0. The number of thiophene rings is 1. The number of carbonyl (C=O) groups is 2. The van der Waals surface area contributed by atoms with Crippen LogP contribution in [0.2, 0.25) is 0 Å². The van der Waals surface area contributed by atoms with Crippen molar-refractivity contribution in [1.29, 1.82) is 0 Å². The Hall–Kier alpha value is -2.65. The zero-order valence-corrected chi connectivity index (χ0v) is 19.3. The molecule has 0 radical (unpaired) electrons. The number of amides is 2. The van der Waals surface area contributed by atoms with Crippen LogP contribution in [0.3, 0.4) is 0 Å². The standard InChI is InChI=1S/C22H25N5O2S2/c1-11-4-9-16-17(10-11)31-21-18(16)19(23)26-22(27-21)30-12(2)20(29)25-15-7-5-14(6-8-15)24-13(3)28/h5-8,11-12H,4,9-10H2,1-3H3,(H,24,28)(H,25,29)(H2,23,26,27)/t11-,12-/m1/s1. The second kappa shape index (κ2) is 8.84. The van der Waals surface area contributed by atoms with E-state index in [9.17, 15) is 9.59 Å². The van der Waals surface area contributed by atoms with E-state index in [2.05, 4.69) is 22.5 Å². The SMILES string of the molecule is CC(=O)Nc1ccc(NC(=O)[C@@H](C)Sc2nc(N)c3c4c(sc3n2)C[C@H](C)CC4)cc1. The highest BCUT2D eigenvalue weighted by Gasteiger charge is 2.24. The number of hydrogen-bond donors (Lipinski definition) is 3. The molecule has 162 valence electrons. The number of hydrogen-bond acceptors (Lipinski definition) is 7. The lowest BCUT2D eigenvalue weighted by molar-refractivity contribution is -0.115. The Bertz CT molecular complexity index is 1140. The van der Waals surface area contributed by atoms with Crippen molar-refractivity contribution in [2.24, 2.45) is 5.92 Å². The van der Waals surface area contributed by atoms with E-state index in [1.54, 1.807) is 35.6 Å². The first kappa shape index (κ1) is 21.6. The molecule has 1 aromatic carbocycles. The number of nitrogens with zero attached hydrogens (tertiary/aromatic N) is 2. The van der Waals surface area contributed by atoms with Gasteiger partial charge in [-0.15, -0.1) is 11.3 Å². The summed E-state index contributed by atoms with van der Waals surface area (Å²) < 4.78 is 0. The molecule has 1 aliphatic rings. The smallest absolute Gasteiger partial charge is 0.237 e. The number of thioether (sulfide) groups is 1. The third-order valence-electron chi connectivity index (χ3n) is 5.29. The fourth-order valence-electron chi connectivity index (χ4n) is 3.70. The van der Waals surface area contributed by atoms with Crippen LogP contribution in [0.1, 0.15) is 37.6 Å². The number of fused-ring (bicyclic) bond motifs is 3. The first-order valence-electron chi connectivity index (χ1n) is 10.2. The molecule has 0 fully saturated rings. The normalized spacial score (nSPS) is 16.5. The van der Waals surface area contributed by atoms with Crippen molar-refractivity contribution < 1.29 is 9.59 Å². The summed E-state index contributed by atoms with van der Waals surface area (Å²) in [6, 6.07) is 6.98. The van der Waals surface area contributed by atoms with Gasteiger partial charge in [0.15, 0.2) is 5.16 Å². The van der Waals surface area contributed by atoms with Crippen LogP contribution in [0.15, 0.2) is 29.4 Å². The molecule has 7 nitrogen and oxygen atoms in total. The molecule has 2 atom stereocenters. The predicted molar refractivity (Wildman–Crippen MR) is 128 cm³/mol. The van der Waals surface area contributed by atoms with E-state index in [1.165, 1.54) is 29.1 Å². The van der Waals surface area contributed by atoms with Gasteiger partial charge < -0.3 is 16.4 Å². The van der Waals surface area contributed by atoms with Crippen LogP contribution in [0.5, 0.6) is 0 Å². The molecule has 4 N–H and O–H groups in total. The van der Waals surface area contributed by atoms with E-state index < -0.39 is 5.25 Å². The third kappa shape index (κ3) is 4.83. The zero-order chi connectivity index (χ0) is 22.1. The first-order valence-corrected chi connectivity index (χ1v) is 11.9. The van der Waals surface area contributed by atoms with E-state index in [-0.39, 0.29) is 11.8 Å². The van der Waals surface area contributed by atoms with Crippen molar-refractivity contribution in [2.45, 2.75) is 50.4 Å². The molecular weight excluding hydrogens is 430 g/mol. The number of benzene rings is 1. The van der Waals surface area contributed by atoms with Crippen molar-refractivity contribution in [3.05, 3.63) is 34.7 Å². The molecule has 0 bridgehead atoms. The highest BCUT2D eigenvalue weighted by atomic mass is 32.2. The van der Waals surface area contributed by atoms with Gasteiger partial charge >= 0.3 is 0 Å². The highest BCUT2D eigenvalue weighted by molar-refractivity contribution is 8.00. The Labute approximate surface area is 189 Å². The number of nitrogens with two attached hydrogens (primary N) is 1. The van der Waals surface area contributed by atoms with Gasteiger partial charge in [0.1, 0.15) is 10.6 Å². The summed E-state index contributed by atoms with van der Waals surface area (Å²) in [6.45, 7) is 5.54. The van der Waals surface area contributed by atoms with Crippen LogP contribution in [0.25, 0.3) is 10.2 Å². The van der Waals surface area contributed by atoms with Crippen LogP contribution in [0, 0.1) is 5.92 Å². The van der Waals surface area contributed by atoms with Crippen LogP contribution >= 0.6 is 23.1 Å². The zero-order valence-electron chi connectivity index (χ0n) is 17.7. The van der Waals surface area contributed by atoms with Gasteiger partial charge in [0.05, 0.1) is 10.6 Å². The average molecular weight is 456 g/mol. The number of rotatable bonds is 5. The summed E-state index contributed by atoms with van der Waals surface area (Å²) in [5.74, 6) is 0.887. The number of aryl methyl sites for hydroxylation is 1. The summed E-state index contributed by atoms with van der Waals surface area (Å²) >= 11 is 2.99. The Kier molecular flexibility index (Phi) is 6.15. The van der Waals surface area contributed by atoms with E-state index in [4.69, 9.17) is 10.7 Å². The molecule has 4 rings (SSSR count). The van der Waals surface area contributed by atoms with Gasteiger partial charge in [0.25, 0.3) is 0 Å². The maximum absolute atomic E-state index is 12.6. The molecule has 0 aliphatic heterocycles. The van der Waals surface area contributed by atoms with Crippen molar-refractivity contribution in [3.8, 4) is 0 Å². The van der Waals surface area contributed by atoms with Gasteiger partial charge in [-0.05, 0) is 61.9 Å². The van der Waals surface area contributed by atoms with Gasteiger partial charge in [-0.3, -0.25) is 9.59 Å². The molecule has 1 aliphatic carbocycles. The molecule has 0 saturated heterocycles. The Morgan fingerprint density at radius 3 is 2.55 bits per heavy atom. The summed E-state index contributed by atoms with van der Waals surface area (Å²) in [6.07, 6.45) is 3.26. The van der Waals surface area contributed by atoms with Crippen molar-refractivity contribution >= 4 is 62.3 Å². The average Bonchev–Trinajstić information content (AvgIpc) is 3.06. The van der Waals surface area contributed by atoms with Crippen LogP contribution < -0.4 is 16.4 Å². The minimum Gasteiger partial charge on any atom is -0.383 e. The first-order chi connectivity index (χ1) is 14.8. The largest absolute Gasteiger partial charge is 0.383 e. The quantitative estimate of drug-likeness (QED) is 0.387. The van der Waals surface area contributed by atoms with Crippen molar-refractivity contribution in [3.63, 3.8) is 0 Å².